The first-order chi connectivity index (χ1) is 10.1. The highest BCUT2D eigenvalue weighted by atomic mass is 35.6. The van der Waals surface area contributed by atoms with E-state index in [1.807, 2.05) is 48.5 Å². The first-order valence-corrected chi connectivity index (χ1v) is 15.3. The molecule has 0 saturated heterocycles. The van der Waals surface area contributed by atoms with Gasteiger partial charge in [-0.05, 0) is 10.4 Å². The van der Waals surface area contributed by atoms with E-state index in [2.05, 4.69) is 26.2 Å². The van der Waals surface area contributed by atoms with E-state index >= 15 is 0 Å². The molecule has 0 unspecified atom stereocenters. The number of rotatable bonds is 4. The second kappa shape index (κ2) is 6.32. The van der Waals surface area contributed by atoms with E-state index in [0.29, 0.717) is 11.1 Å². The normalized spacial score (nSPS) is 12.3. The van der Waals surface area contributed by atoms with Gasteiger partial charge in [0.15, 0.2) is 20.6 Å². The molecule has 0 amide bonds. The van der Waals surface area contributed by atoms with Gasteiger partial charge in [-0.25, -0.2) is 0 Å². The second-order valence-electron chi connectivity index (χ2n) is 6.40. The Morgan fingerprint density at radius 3 is 1.82 bits per heavy atom. The van der Waals surface area contributed by atoms with Crippen LogP contribution in [0, 0.1) is 0 Å². The highest BCUT2D eigenvalue weighted by Gasteiger charge is 2.32. The van der Waals surface area contributed by atoms with Crippen LogP contribution >= 0.6 is 22.2 Å². The van der Waals surface area contributed by atoms with E-state index in [9.17, 15) is 4.79 Å². The summed E-state index contributed by atoms with van der Waals surface area (Å²) >= 11 is 13.3. The maximum absolute atomic E-state index is 12.6. The number of hydrogen-bond donors (Lipinski definition) is 0. The van der Waals surface area contributed by atoms with Crippen LogP contribution in [0.3, 0.4) is 0 Å². The van der Waals surface area contributed by atoms with E-state index < -0.39 is 14.8 Å². The molecule has 0 aromatic heterocycles. The topological polar surface area (TPSA) is 17.1 Å². The Morgan fingerprint density at radius 2 is 1.32 bits per heavy atom. The molecule has 2 rings (SSSR count). The van der Waals surface area contributed by atoms with Crippen molar-refractivity contribution >= 4 is 53.1 Å². The second-order valence-corrected chi connectivity index (χ2v) is 19.0. The van der Waals surface area contributed by atoms with Gasteiger partial charge in [0.2, 0.25) is 0 Å². The number of halogens is 2. The Bertz CT molecular complexity index is 686. The molecular formula is C17H20Cl2OSi2. The maximum Gasteiger partial charge on any atom is 0.193 e. The van der Waals surface area contributed by atoms with Gasteiger partial charge in [-0.3, -0.25) is 4.79 Å². The quantitative estimate of drug-likeness (QED) is 0.449. The lowest BCUT2D eigenvalue weighted by molar-refractivity contribution is 0.103. The Balaban J connectivity index is 2.55. The summed E-state index contributed by atoms with van der Waals surface area (Å²) in [6.45, 7) is 8.31. The summed E-state index contributed by atoms with van der Waals surface area (Å²) in [5, 5.41) is 2.23. The summed E-state index contributed by atoms with van der Waals surface area (Å²) in [5.74, 6) is 0.0253. The van der Waals surface area contributed by atoms with Crippen LogP contribution in [0.4, 0.5) is 0 Å². The molecule has 0 aliphatic heterocycles. The van der Waals surface area contributed by atoms with Crippen molar-refractivity contribution in [2.75, 3.05) is 0 Å². The van der Waals surface area contributed by atoms with Crippen LogP contribution in [0.1, 0.15) is 15.9 Å². The van der Waals surface area contributed by atoms with Crippen LogP contribution < -0.4 is 10.4 Å². The highest BCUT2D eigenvalue weighted by molar-refractivity contribution is 7.32. The third kappa shape index (κ3) is 3.90. The van der Waals surface area contributed by atoms with Crippen LogP contribution in [-0.4, -0.2) is 20.6 Å². The van der Waals surface area contributed by atoms with Gasteiger partial charge in [0.1, 0.15) is 0 Å². The molecule has 0 N–H and O–H groups in total. The van der Waals surface area contributed by atoms with E-state index in [0.717, 1.165) is 10.4 Å². The monoisotopic (exact) mass is 366 g/mol. The van der Waals surface area contributed by atoms with Crippen LogP contribution in [-0.2, 0) is 0 Å². The minimum atomic E-state index is -2.10. The predicted molar refractivity (Wildman–Crippen MR) is 102 cm³/mol. The summed E-state index contributed by atoms with van der Waals surface area (Å²) in [7, 11) is -4.11. The third-order valence-electron chi connectivity index (χ3n) is 3.60. The molecule has 0 aliphatic carbocycles. The highest BCUT2D eigenvalue weighted by Crippen LogP contribution is 2.16. The van der Waals surface area contributed by atoms with Crippen molar-refractivity contribution in [3.8, 4) is 0 Å². The van der Waals surface area contributed by atoms with Gasteiger partial charge in [-0.1, -0.05) is 74.7 Å². The lowest BCUT2D eigenvalue weighted by Gasteiger charge is -2.25. The van der Waals surface area contributed by atoms with Crippen LogP contribution in [0.25, 0.3) is 0 Å². The molecule has 0 heterocycles. The number of hydrogen-bond acceptors (Lipinski definition) is 1. The summed E-state index contributed by atoms with van der Waals surface area (Å²) < 4.78 is 0. The van der Waals surface area contributed by atoms with E-state index in [-0.39, 0.29) is 5.78 Å². The van der Waals surface area contributed by atoms with Crippen molar-refractivity contribution < 1.29 is 4.79 Å². The van der Waals surface area contributed by atoms with Crippen molar-refractivity contribution in [1.29, 1.82) is 0 Å². The standard InChI is InChI=1S/C17H20Cl2OSi2/c1-21(2,18)15-11-10-14(12-16(15)22(3,4)19)17(20)13-8-6-5-7-9-13/h5-12H,1-4H3. The lowest BCUT2D eigenvalue weighted by Crippen LogP contribution is -2.54. The van der Waals surface area contributed by atoms with Gasteiger partial charge in [0.25, 0.3) is 0 Å². The molecule has 22 heavy (non-hydrogen) atoms. The molecule has 116 valence electrons. The summed E-state index contributed by atoms with van der Waals surface area (Å²) in [5.41, 5.74) is 1.37. The first-order valence-electron chi connectivity index (χ1n) is 7.23. The number of carbonyl (C=O) groups excluding carboxylic acids is 1. The Kier molecular flexibility index (Phi) is 5.02. The fourth-order valence-corrected chi connectivity index (χ4v) is 8.18. The van der Waals surface area contributed by atoms with Gasteiger partial charge in [0.05, 0.1) is 0 Å². The molecule has 2 aromatic carbocycles. The van der Waals surface area contributed by atoms with Crippen molar-refractivity contribution in [2.45, 2.75) is 26.2 Å². The van der Waals surface area contributed by atoms with Crippen molar-refractivity contribution in [2.24, 2.45) is 0 Å². The van der Waals surface area contributed by atoms with E-state index in [1.54, 1.807) is 0 Å². The van der Waals surface area contributed by atoms with Crippen molar-refractivity contribution in [1.82, 2.24) is 0 Å². The fraction of sp³-hybridized carbons (Fsp3) is 0.235. The summed E-state index contributed by atoms with van der Waals surface area (Å²) in [6.07, 6.45) is 0. The molecule has 1 nitrogen and oxygen atoms in total. The molecular weight excluding hydrogens is 347 g/mol. The van der Waals surface area contributed by atoms with Gasteiger partial charge in [0, 0.05) is 11.1 Å². The molecule has 0 radical (unpaired) electrons. The molecule has 2 aromatic rings. The number of carbonyl (C=O) groups is 1. The van der Waals surface area contributed by atoms with Gasteiger partial charge in [-0.15, -0.1) is 0 Å². The summed E-state index contributed by atoms with van der Waals surface area (Å²) in [4.78, 5) is 12.6. The van der Waals surface area contributed by atoms with Crippen molar-refractivity contribution in [3.05, 3.63) is 59.7 Å². The third-order valence-corrected chi connectivity index (χ3v) is 8.48. The zero-order chi connectivity index (χ0) is 16.5. The summed E-state index contributed by atoms with van der Waals surface area (Å²) in [6, 6.07) is 15.2. The van der Waals surface area contributed by atoms with Gasteiger partial charge < -0.3 is 0 Å². The Labute approximate surface area is 143 Å². The molecule has 0 fully saturated rings. The fourth-order valence-electron chi connectivity index (χ4n) is 2.45. The van der Waals surface area contributed by atoms with Crippen LogP contribution in [0.2, 0.25) is 26.2 Å². The molecule has 0 atom stereocenters. The van der Waals surface area contributed by atoms with Gasteiger partial charge in [-0.2, -0.15) is 22.2 Å². The first kappa shape index (κ1) is 17.5. The van der Waals surface area contributed by atoms with Crippen LogP contribution in [0.5, 0.6) is 0 Å². The molecule has 0 aliphatic rings. The lowest BCUT2D eigenvalue weighted by atomic mass is 10.0. The van der Waals surface area contributed by atoms with E-state index in [4.69, 9.17) is 22.2 Å². The minimum absolute atomic E-state index is 0.0253. The predicted octanol–water partition coefficient (Wildman–Crippen LogP) is 4.22. The number of benzene rings is 2. The number of ketones is 1. The molecule has 5 heteroatoms. The largest absolute Gasteiger partial charge is 0.289 e. The smallest absolute Gasteiger partial charge is 0.193 e. The van der Waals surface area contributed by atoms with Crippen LogP contribution in [0.15, 0.2) is 48.5 Å². The zero-order valence-electron chi connectivity index (χ0n) is 13.3. The average molecular weight is 367 g/mol. The molecule has 0 saturated carbocycles. The average Bonchev–Trinajstić information content (AvgIpc) is 2.45. The SMILES string of the molecule is C[Si](C)(Cl)c1ccc(C(=O)c2ccccc2)cc1[Si](C)(C)Cl. The zero-order valence-corrected chi connectivity index (χ0v) is 16.8. The maximum atomic E-state index is 12.6. The Hall–Kier alpha value is -0.876. The van der Waals surface area contributed by atoms with E-state index in [1.165, 1.54) is 0 Å². The van der Waals surface area contributed by atoms with Crippen molar-refractivity contribution in [3.63, 3.8) is 0 Å². The minimum Gasteiger partial charge on any atom is -0.289 e. The molecule has 0 bridgehead atoms. The molecule has 0 spiro atoms. The van der Waals surface area contributed by atoms with Gasteiger partial charge >= 0.3 is 0 Å². The Morgan fingerprint density at radius 1 is 0.773 bits per heavy atom.